The molecule has 2 aromatic rings. The molecule has 5 nitrogen and oxygen atoms in total. The maximum atomic E-state index is 6.06. The van der Waals surface area contributed by atoms with Crippen LogP contribution >= 0.6 is 23.1 Å². The Hall–Kier alpha value is -1.24. The van der Waals surface area contributed by atoms with E-state index in [1.165, 1.54) is 18.0 Å². The molecular weight excluding hydrogens is 306 g/mol. The fraction of sp³-hybridized carbons (Fsp3) is 0.500. The van der Waals surface area contributed by atoms with E-state index >= 15 is 0 Å². The van der Waals surface area contributed by atoms with Gasteiger partial charge in [0.15, 0.2) is 0 Å². The Labute approximate surface area is 133 Å². The summed E-state index contributed by atoms with van der Waals surface area (Å²) in [4.78, 5) is 6.85. The van der Waals surface area contributed by atoms with E-state index in [0.29, 0.717) is 10.3 Å². The number of aromatic nitrogens is 3. The van der Waals surface area contributed by atoms with Crippen LogP contribution in [0.3, 0.4) is 0 Å². The van der Waals surface area contributed by atoms with Crippen molar-refractivity contribution >= 4 is 29.0 Å². The van der Waals surface area contributed by atoms with E-state index in [1.54, 1.807) is 0 Å². The molecule has 3 rings (SSSR count). The van der Waals surface area contributed by atoms with Gasteiger partial charge in [-0.25, -0.2) is 4.98 Å². The molecule has 0 aliphatic carbocycles. The molecule has 3 heterocycles. The van der Waals surface area contributed by atoms with Gasteiger partial charge in [-0.1, -0.05) is 22.2 Å². The Balaban J connectivity index is 1.47. The van der Waals surface area contributed by atoms with Crippen LogP contribution in [0.5, 0.6) is 0 Å². The third-order valence-corrected chi connectivity index (χ3v) is 4.70. The van der Waals surface area contributed by atoms with Crippen LogP contribution < -0.4 is 5.32 Å². The number of aryl methyl sites for hydroxylation is 1. The van der Waals surface area contributed by atoms with E-state index < -0.39 is 0 Å². The smallest absolute Gasteiger partial charge is 0.138 e. The largest absolute Gasteiger partial charge is 0.370 e. The lowest BCUT2D eigenvalue weighted by atomic mass is 10.1. The van der Waals surface area contributed by atoms with Crippen LogP contribution in [0.15, 0.2) is 18.2 Å². The molecule has 0 aromatic carbocycles. The van der Waals surface area contributed by atoms with Crippen LogP contribution in [0.25, 0.3) is 0 Å². The molecule has 1 aliphatic rings. The number of nitrogens with one attached hydrogen (secondary N) is 1. The molecule has 1 fully saturated rings. The first-order valence-electron chi connectivity index (χ1n) is 7.07. The molecule has 0 spiro atoms. The van der Waals surface area contributed by atoms with Crippen molar-refractivity contribution in [3.63, 3.8) is 0 Å². The van der Waals surface area contributed by atoms with Crippen LogP contribution in [0, 0.1) is 12.8 Å². The molecule has 0 amide bonds. The third kappa shape index (κ3) is 3.90. The minimum absolute atomic E-state index is 0.637. The maximum absolute atomic E-state index is 6.06. The van der Waals surface area contributed by atoms with E-state index in [0.717, 1.165) is 43.4 Å². The monoisotopic (exact) mass is 323 g/mol. The second-order valence-corrected chi connectivity index (χ2v) is 6.78. The van der Waals surface area contributed by atoms with E-state index in [9.17, 15) is 0 Å². The van der Waals surface area contributed by atoms with Gasteiger partial charge in [0.05, 0.1) is 0 Å². The molecule has 0 saturated carbocycles. The first kappa shape index (κ1) is 14.7. The van der Waals surface area contributed by atoms with Crippen LogP contribution in [0.4, 0.5) is 5.82 Å². The van der Waals surface area contributed by atoms with Gasteiger partial charge >= 0.3 is 0 Å². The number of hydrogen-bond donors (Lipinski definition) is 1. The number of halogens is 1. The first-order chi connectivity index (χ1) is 10.2. The van der Waals surface area contributed by atoms with Gasteiger partial charge in [0.2, 0.25) is 0 Å². The van der Waals surface area contributed by atoms with Crippen LogP contribution in [0.1, 0.15) is 17.8 Å². The SMILES string of the molecule is Cc1cccc(NC[C@H]2CCN(Cc3nnsc3Cl)C2)n1. The predicted molar refractivity (Wildman–Crippen MR) is 85.8 cm³/mol. The molecule has 1 aliphatic heterocycles. The van der Waals surface area contributed by atoms with Gasteiger partial charge in [-0.3, -0.25) is 4.90 Å². The normalized spacial score (nSPS) is 19.0. The van der Waals surface area contributed by atoms with Crippen molar-refractivity contribution in [1.82, 2.24) is 19.5 Å². The molecule has 0 radical (unpaired) electrons. The van der Waals surface area contributed by atoms with Crippen molar-refractivity contribution in [3.05, 3.63) is 33.9 Å². The number of rotatable bonds is 5. The molecular formula is C14H18ClN5S. The first-order valence-corrected chi connectivity index (χ1v) is 8.22. The number of pyridine rings is 1. The summed E-state index contributed by atoms with van der Waals surface area (Å²) in [5.41, 5.74) is 1.94. The zero-order valence-corrected chi connectivity index (χ0v) is 13.5. The maximum Gasteiger partial charge on any atom is 0.138 e. The second-order valence-electron chi connectivity index (χ2n) is 5.43. The number of hydrogen-bond acceptors (Lipinski definition) is 6. The Morgan fingerprint density at radius 3 is 3.14 bits per heavy atom. The lowest BCUT2D eigenvalue weighted by Gasteiger charge is -2.15. The average molecular weight is 324 g/mol. The van der Waals surface area contributed by atoms with Crippen LogP contribution in [0.2, 0.25) is 4.34 Å². The van der Waals surface area contributed by atoms with Crippen LogP contribution in [-0.2, 0) is 6.54 Å². The van der Waals surface area contributed by atoms with Gasteiger partial charge in [-0.05, 0) is 37.9 Å². The van der Waals surface area contributed by atoms with E-state index in [-0.39, 0.29) is 0 Å². The van der Waals surface area contributed by atoms with Gasteiger partial charge in [0.25, 0.3) is 0 Å². The summed E-state index contributed by atoms with van der Waals surface area (Å²) in [6.45, 7) is 5.91. The van der Waals surface area contributed by atoms with Gasteiger partial charge < -0.3 is 5.32 Å². The highest BCUT2D eigenvalue weighted by Crippen LogP contribution is 2.23. The average Bonchev–Trinajstić information content (AvgIpc) is 3.07. The lowest BCUT2D eigenvalue weighted by Crippen LogP contribution is -2.23. The summed E-state index contributed by atoms with van der Waals surface area (Å²) in [5.74, 6) is 1.60. The van der Waals surface area contributed by atoms with Crippen molar-refractivity contribution < 1.29 is 0 Å². The second kappa shape index (κ2) is 6.68. The summed E-state index contributed by atoms with van der Waals surface area (Å²) < 4.78 is 4.59. The summed E-state index contributed by atoms with van der Waals surface area (Å²) in [6.07, 6.45) is 1.19. The zero-order chi connectivity index (χ0) is 14.7. The van der Waals surface area contributed by atoms with Crippen molar-refractivity contribution in [1.29, 1.82) is 0 Å². The number of likely N-dealkylation sites (tertiary alicyclic amines) is 1. The highest BCUT2D eigenvalue weighted by atomic mass is 35.5. The third-order valence-electron chi connectivity index (χ3n) is 3.71. The van der Waals surface area contributed by atoms with Crippen molar-refractivity contribution in [2.75, 3.05) is 25.0 Å². The van der Waals surface area contributed by atoms with E-state index in [1.807, 2.05) is 25.1 Å². The molecule has 0 bridgehead atoms. The fourth-order valence-electron chi connectivity index (χ4n) is 2.62. The van der Waals surface area contributed by atoms with Crippen molar-refractivity contribution in [2.24, 2.45) is 5.92 Å². The zero-order valence-electron chi connectivity index (χ0n) is 11.9. The van der Waals surface area contributed by atoms with E-state index in [4.69, 9.17) is 11.6 Å². The highest BCUT2D eigenvalue weighted by Gasteiger charge is 2.23. The van der Waals surface area contributed by atoms with Crippen molar-refractivity contribution in [2.45, 2.75) is 19.9 Å². The van der Waals surface area contributed by atoms with Gasteiger partial charge in [-0.15, -0.1) is 5.10 Å². The van der Waals surface area contributed by atoms with Gasteiger partial charge in [0.1, 0.15) is 15.8 Å². The van der Waals surface area contributed by atoms with Crippen molar-refractivity contribution in [3.8, 4) is 0 Å². The van der Waals surface area contributed by atoms with Gasteiger partial charge in [0, 0.05) is 36.9 Å². The standard InChI is InChI=1S/C14H18ClN5S/c1-10-3-2-4-13(17-10)16-7-11-5-6-20(8-11)9-12-14(15)21-19-18-12/h2-4,11H,5-9H2,1H3,(H,16,17)/t11-/m1/s1. The molecule has 1 atom stereocenters. The minimum Gasteiger partial charge on any atom is -0.370 e. The fourth-order valence-corrected chi connectivity index (χ4v) is 3.23. The van der Waals surface area contributed by atoms with Gasteiger partial charge in [-0.2, -0.15) is 0 Å². The molecule has 1 saturated heterocycles. The Kier molecular flexibility index (Phi) is 4.67. The molecule has 7 heteroatoms. The molecule has 112 valence electrons. The van der Waals surface area contributed by atoms with E-state index in [2.05, 4.69) is 24.8 Å². The summed E-state index contributed by atoms with van der Waals surface area (Å²) >= 11 is 7.31. The summed E-state index contributed by atoms with van der Waals surface area (Å²) in [7, 11) is 0. The Morgan fingerprint density at radius 1 is 1.48 bits per heavy atom. The summed E-state index contributed by atoms with van der Waals surface area (Å²) in [6, 6.07) is 6.05. The van der Waals surface area contributed by atoms with Crippen LogP contribution in [-0.4, -0.2) is 39.1 Å². The number of nitrogens with zero attached hydrogens (tertiary/aromatic N) is 4. The molecule has 21 heavy (non-hydrogen) atoms. The molecule has 2 aromatic heterocycles. The topological polar surface area (TPSA) is 53.9 Å². The number of anilines is 1. The highest BCUT2D eigenvalue weighted by molar-refractivity contribution is 7.10. The lowest BCUT2D eigenvalue weighted by molar-refractivity contribution is 0.315. The minimum atomic E-state index is 0.637. The quantitative estimate of drug-likeness (QED) is 0.917. The molecule has 1 N–H and O–H groups in total. The molecule has 0 unspecified atom stereocenters. The Morgan fingerprint density at radius 2 is 2.38 bits per heavy atom. The predicted octanol–water partition coefficient (Wildman–Crippen LogP) is 2.83. The Bertz CT molecular complexity index is 603. The summed E-state index contributed by atoms with van der Waals surface area (Å²) in [5, 5.41) is 7.51.